The summed E-state index contributed by atoms with van der Waals surface area (Å²) in [6.45, 7) is 0.366. The van der Waals surface area contributed by atoms with Crippen molar-refractivity contribution in [2.75, 3.05) is 32.9 Å². The molecular formula is C14H20IN3O5S. The van der Waals surface area contributed by atoms with E-state index in [2.05, 4.69) is 0 Å². The highest BCUT2D eigenvalue weighted by atomic mass is 127. The summed E-state index contributed by atoms with van der Waals surface area (Å²) in [6.07, 6.45) is 3.33. The quantitative estimate of drug-likeness (QED) is 0.278. The third-order valence-electron chi connectivity index (χ3n) is 3.71. The van der Waals surface area contributed by atoms with E-state index in [-0.39, 0.29) is 46.1 Å². The van der Waals surface area contributed by atoms with Gasteiger partial charge in [0.15, 0.2) is 6.54 Å². The van der Waals surface area contributed by atoms with Gasteiger partial charge in [0.2, 0.25) is 5.91 Å². The number of carbonyl (C=O) groups is 3. The van der Waals surface area contributed by atoms with Gasteiger partial charge >= 0.3 is 5.97 Å². The minimum Gasteiger partial charge on any atom is -0.543 e. The summed E-state index contributed by atoms with van der Waals surface area (Å²) in [7, 11) is 3.52. The minimum atomic E-state index is -1.41. The molecule has 0 bridgehead atoms. The van der Waals surface area contributed by atoms with E-state index < -0.39 is 23.9 Å². The number of thioether (sulfide) groups is 1. The summed E-state index contributed by atoms with van der Waals surface area (Å²) in [5.74, 6) is -2.33. The second-order valence-corrected chi connectivity index (χ2v) is 7.27. The van der Waals surface area contributed by atoms with E-state index in [4.69, 9.17) is 10.8 Å². The van der Waals surface area contributed by atoms with E-state index in [0.717, 1.165) is 0 Å². The molecular weight excluding hydrogens is 449 g/mol. The molecule has 0 saturated carbocycles. The van der Waals surface area contributed by atoms with Gasteiger partial charge in [-0.15, -0.1) is 35.7 Å². The number of carboxylic acid groups (broad SMARTS) is 2. The summed E-state index contributed by atoms with van der Waals surface area (Å²) >= 11 is 1.40. The molecule has 2 aliphatic heterocycles. The van der Waals surface area contributed by atoms with Gasteiger partial charge in [-0.05, 0) is 11.6 Å². The van der Waals surface area contributed by atoms with E-state index in [9.17, 15) is 19.5 Å². The van der Waals surface area contributed by atoms with Crippen molar-refractivity contribution < 1.29 is 29.1 Å². The number of allylic oxidation sites excluding steroid dienone is 1. The number of likely N-dealkylation sites (N-methyl/N-ethyl adjacent to an activating group) is 1. The number of nitrogens with two attached hydrogens (primary N) is 1. The molecule has 2 atom stereocenters. The molecule has 3 N–H and O–H groups in total. The maximum atomic E-state index is 11.8. The Morgan fingerprint density at radius 2 is 2.12 bits per heavy atom. The fraction of sp³-hybridized carbons (Fsp3) is 0.500. The van der Waals surface area contributed by atoms with Crippen molar-refractivity contribution in [2.24, 2.45) is 5.73 Å². The van der Waals surface area contributed by atoms with Crippen LogP contribution in [0.15, 0.2) is 23.4 Å². The number of hydrogen-bond acceptors (Lipinski definition) is 6. The highest BCUT2D eigenvalue weighted by Gasteiger charge is 2.49. The normalized spacial score (nSPS) is 23.6. The van der Waals surface area contributed by atoms with Crippen LogP contribution in [0.1, 0.15) is 0 Å². The number of carboxylic acids is 2. The van der Waals surface area contributed by atoms with Gasteiger partial charge < -0.3 is 25.2 Å². The first-order valence-electron chi connectivity index (χ1n) is 6.99. The Bertz CT molecular complexity index is 620. The Morgan fingerprint density at radius 3 is 2.67 bits per heavy atom. The predicted molar refractivity (Wildman–Crippen MR) is 97.1 cm³/mol. The second kappa shape index (κ2) is 7.85. The van der Waals surface area contributed by atoms with E-state index in [1.807, 2.05) is 0 Å². The first kappa shape index (κ1) is 20.9. The SMILES string of the molecule is C[N+](C)(C/C=C/C1=C(C(=O)[O-])N2C(=O)[C@@H](N)[C@H]2SC1)CC(=O)O.I. The Kier molecular flexibility index (Phi) is 6.84. The molecule has 1 amide bonds. The number of quaternary nitrogens is 1. The highest BCUT2D eigenvalue weighted by Crippen LogP contribution is 2.39. The molecule has 1 fully saturated rings. The van der Waals surface area contributed by atoms with Gasteiger partial charge in [-0.1, -0.05) is 6.08 Å². The van der Waals surface area contributed by atoms with Crippen molar-refractivity contribution in [1.29, 1.82) is 0 Å². The summed E-state index contributed by atoms with van der Waals surface area (Å²) in [4.78, 5) is 35.1. The maximum absolute atomic E-state index is 11.8. The molecule has 0 aliphatic carbocycles. The molecule has 10 heteroatoms. The Labute approximate surface area is 161 Å². The number of aliphatic carboxylic acids is 2. The average molecular weight is 469 g/mol. The fourth-order valence-electron chi connectivity index (χ4n) is 2.57. The van der Waals surface area contributed by atoms with Gasteiger partial charge in [0.1, 0.15) is 11.4 Å². The molecule has 24 heavy (non-hydrogen) atoms. The van der Waals surface area contributed by atoms with E-state index in [0.29, 0.717) is 17.9 Å². The molecule has 2 aliphatic rings. The van der Waals surface area contributed by atoms with Crippen molar-refractivity contribution in [1.82, 2.24) is 4.90 Å². The molecule has 0 unspecified atom stereocenters. The predicted octanol–water partition coefficient (Wildman–Crippen LogP) is -1.43. The minimum absolute atomic E-state index is 0. The molecule has 0 aromatic carbocycles. The van der Waals surface area contributed by atoms with Crippen LogP contribution in [0.4, 0.5) is 0 Å². The van der Waals surface area contributed by atoms with E-state index in [1.54, 1.807) is 26.2 Å². The molecule has 0 aromatic heterocycles. The van der Waals surface area contributed by atoms with Crippen molar-refractivity contribution in [2.45, 2.75) is 11.4 Å². The monoisotopic (exact) mass is 469 g/mol. The molecule has 1 saturated heterocycles. The van der Waals surface area contributed by atoms with Gasteiger partial charge in [0, 0.05) is 5.75 Å². The van der Waals surface area contributed by atoms with E-state index >= 15 is 0 Å². The Hall–Kier alpha value is -1.11. The van der Waals surface area contributed by atoms with Gasteiger partial charge in [-0.25, -0.2) is 4.79 Å². The van der Waals surface area contributed by atoms with Crippen LogP contribution in [0.3, 0.4) is 0 Å². The lowest BCUT2D eigenvalue weighted by atomic mass is 10.0. The number of nitrogens with zero attached hydrogens (tertiary/aromatic N) is 2. The molecule has 2 rings (SSSR count). The molecule has 134 valence electrons. The second-order valence-electron chi connectivity index (χ2n) is 6.17. The van der Waals surface area contributed by atoms with Crippen molar-refractivity contribution in [3.05, 3.63) is 23.4 Å². The number of rotatable bonds is 6. The highest BCUT2D eigenvalue weighted by molar-refractivity contribution is 14.0. The lowest BCUT2D eigenvalue weighted by Gasteiger charge is -2.49. The topological polar surface area (TPSA) is 124 Å². The zero-order valence-corrected chi connectivity index (χ0v) is 16.4. The number of β-lactam (4-membered cyclic amide) rings is 1. The smallest absolute Gasteiger partial charge is 0.359 e. The van der Waals surface area contributed by atoms with Crippen LogP contribution in [0.5, 0.6) is 0 Å². The van der Waals surface area contributed by atoms with Crippen LogP contribution in [0.2, 0.25) is 0 Å². The molecule has 0 aromatic rings. The first-order chi connectivity index (χ1) is 10.6. The number of hydrogen-bond donors (Lipinski definition) is 2. The van der Waals surface area contributed by atoms with Crippen LogP contribution in [0.25, 0.3) is 0 Å². The summed E-state index contributed by atoms with van der Waals surface area (Å²) in [5, 5.41) is 19.9. The Balaban J connectivity index is 0.00000288. The van der Waals surface area contributed by atoms with Gasteiger partial charge in [0.25, 0.3) is 0 Å². The summed E-state index contributed by atoms with van der Waals surface area (Å²) < 4.78 is 0.225. The van der Waals surface area contributed by atoms with Crippen LogP contribution in [-0.2, 0) is 14.4 Å². The van der Waals surface area contributed by atoms with Crippen molar-refractivity contribution in [3.8, 4) is 0 Å². The number of fused-ring (bicyclic) bond motifs is 1. The number of halogens is 1. The lowest BCUT2D eigenvalue weighted by Crippen LogP contribution is -2.69. The van der Waals surface area contributed by atoms with Crippen LogP contribution in [-0.4, -0.2) is 76.7 Å². The van der Waals surface area contributed by atoms with Crippen LogP contribution >= 0.6 is 35.7 Å². The van der Waals surface area contributed by atoms with Crippen molar-refractivity contribution >= 4 is 53.6 Å². The van der Waals surface area contributed by atoms with Crippen LogP contribution in [0, 0.1) is 0 Å². The summed E-state index contributed by atoms with van der Waals surface area (Å²) in [5.41, 5.74) is 6.00. The standard InChI is InChI=1S/C14H19N3O5S.HI/c1-17(2,6-9(18)19)5-3-4-8-7-23-13-10(15)12(20)16(13)11(8)14(21)22;/h3-4,10,13H,5-7,15H2,1-2H3,(H-,18,19,21,22);1H/b4-3+;/t10-,13-;/m1./s1. The number of carbonyl (C=O) groups excluding carboxylic acids is 2. The largest absolute Gasteiger partial charge is 0.543 e. The maximum Gasteiger partial charge on any atom is 0.359 e. The molecule has 0 radical (unpaired) electrons. The molecule has 0 spiro atoms. The third kappa shape index (κ3) is 4.29. The molecule has 2 heterocycles. The van der Waals surface area contributed by atoms with Crippen molar-refractivity contribution in [3.63, 3.8) is 0 Å². The number of amides is 1. The first-order valence-corrected chi connectivity index (χ1v) is 8.04. The van der Waals surface area contributed by atoms with E-state index in [1.165, 1.54) is 16.7 Å². The van der Waals surface area contributed by atoms with Gasteiger partial charge in [-0.3, -0.25) is 9.69 Å². The molecule has 8 nitrogen and oxygen atoms in total. The zero-order chi connectivity index (χ0) is 17.4. The Morgan fingerprint density at radius 1 is 1.50 bits per heavy atom. The van der Waals surface area contributed by atoms with Gasteiger partial charge in [-0.2, -0.15) is 0 Å². The van der Waals surface area contributed by atoms with Crippen LogP contribution < -0.4 is 10.8 Å². The average Bonchev–Trinajstić information content (AvgIpc) is 2.43. The summed E-state index contributed by atoms with van der Waals surface area (Å²) in [6, 6.07) is -0.675. The lowest BCUT2D eigenvalue weighted by molar-refractivity contribution is -0.877. The zero-order valence-electron chi connectivity index (χ0n) is 13.3. The fourth-order valence-corrected chi connectivity index (χ4v) is 3.83. The van der Waals surface area contributed by atoms with Gasteiger partial charge in [0.05, 0.1) is 32.3 Å². The third-order valence-corrected chi connectivity index (χ3v) is 5.04.